The lowest BCUT2D eigenvalue weighted by molar-refractivity contribution is -0.139. The van der Waals surface area contributed by atoms with E-state index in [1.807, 2.05) is 63.2 Å². The first-order chi connectivity index (χ1) is 16.4. The van der Waals surface area contributed by atoms with Crippen LogP contribution in [0.3, 0.4) is 0 Å². The third-order valence-electron chi connectivity index (χ3n) is 6.14. The minimum atomic E-state index is -0.835. The smallest absolute Gasteiger partial charge is 0.408 e. The molecular formula is C28H37N3O4. The Morgan fingerprint density at radius 3 is 2.29 bits per heavy atom. The number of anilines is 1. The Balaban J connectivity index is 1.94. The van der Waals surface area contributed by atoms with Crippen LogP contribution in [0.1, 0.15) is 62.4 Å². The second-order valence-electron chi connectivity index (χ2n) is 10.5. The van der Waals surface area contributed by atoms with E-state index in [0.717, 1.165) is 28.7 Å². The summed E-state index contributed by atoms with van der Waals surface area (Å²) < 4.78 is 5.28. The molecule has 0 spiro atoms. The quantitative estimate of drug-likeness (QED) is 0.582. The molecule has 0 heterocycles. The van der Waals surface area contributed by atoms with E-state index in [9.17, 15) is 14.4 Å². The maximum atomic E-state index is 13.8. The Morgan fingerprint density at radius 2 is 1.71 bits per heavy atom. The van der Waals surface area contributed by atoms with Gasteiger partial charge in [-0.2, -0.15) is 0 Å². The van der Waals surface area contributed by atoms with Crippen LogP contribution in [0.25, 0.3) is 0 Å². The molecule has 0 saturated heterocycles. The van der Waals surface area contributed by atoms with Crippen molar-refractivity contribution in [3.05, 3.63) is 64.7 Å². The van der Waals surface area contributed by atoms with Crippen molar-refractivity contribution in [1.29, 1.82) is 0 Å². The highest BCUT2D eigenvalue weighted by atomic mass is 16.6. The van der Waals surface area contributed by atoms with Gasteiger partial charge in [-0.15, -0.1) is 0 Å². The Hall–Kier alpha value is -3.35. The number of aryl methyl sites for hydroxylation is 3. The van der Waals surface area contributed by atoms with Gasteiger partial charge in [0.1, 0.15) is 18.2 Å². The van der Waals surface area contributed by atoms with Crippen molar-refractivity contribution in [2.75, 3.05) is 11.9 Å². The normalized spacial score (nSPS) is 17.8. The van der Waals surface area contributed by atoms with Gasteiger partial charge in [0, 0.05) is 11.7 Å². The van der Waals surface area contributed by atoms with Crippen LogP contribution in [-0.4, -0.2) is 41.0 Å². The number of carbonyl (C=O) groups is 3. The molecule has 2 N–H and O–H groups in total. The third kappa shape index (κ3) is 6.84. The molecular weight excluding hydrogens is 442 g/mol. The number of benzene rings is 2. The second-order valence-corrected chi connectivity index (χ2v) is 10.5. The van der Waals surface area contributed by atoms with E-state index < -0.39 is 17.7 Å². The molecule has 1 fully saturated rings. The molecule has 0 aliphatic heterocycles. The fourth-order valence-electron chi connectivity index (χ4n) is 4.23. The van der Waals surface area contributed by atoms with Gasteiger partial charge in [-0.25, -0.2) is 4.79 Å². The number of nitrogens with zero attached hydrogens (tertiary/aromatic N) is 1. The lowest BCUT2D eigenvalue weighted by Gasteiger charge is -2.33. The average Bonchev–Trinajstić information content (AvgIpc) is 3.47. The number of para-hydroxylation sites is 1. The molecule has 2 aromatic rings. The highest BCUT2D eigenvalue weighted by Crippen LogP contribution is 2.41. The summed E-state index contributed by atoms with van der Waals surface area (Å²) in [5.41, 5.74) is 3.74. The summed E-state index contributed by atoms with van der Waals surface area (Å²) >= 11 is 0. The summed E-state index contributed by atoms with van der Waals surface area (Å²) in [5, 5.41) is 5.60. The Labute approximate surface area is 208 Å². The topological polar surface area (TPSA) is 87.7 Å². The summed E-state index contributed by atoms with van der Waals surface area (Å²) in [5.74, 6) is -0.342. The number of nitrogens with one attached hydrogen (secondary N) is 2. The van der Waals surface area contributed by atoms with E-state index in [1.54, 1.807) is 25.7 Å². The van der Waals surface area contributed by atoms with E-state index in [0.29, 0.717) is 5.69 Å². The van der Waals surface area contributed by atoms with Crippen LogP contribution in [0.5, 0.6) is 0 Å². The minimum Gasteiger partial charge on any atom is -0.444 e. The van der Waals surface area contributed by atoms with Crippen LogP contribution < -0.4 is 10.6 Å². The number of carbonyl (C=O) groups excluding carboxylic acids is 3. The van der Waals surface area contributed by atoms with Crippen molar-refractivity contribution < 1.29 is 19.1 Å². The largest absolute Gasteiger partial charge is 0.444 e. The summed E-state index contributed by atoms with van der Waals surface area (Å²) in [7, 11) is 0. The van der Waals surface area contributed by atoms with Crippen molar-refractivity contribution in [2.24, 2.45) is 5.92 Å². The molecule has 7 nitrogen and oxygen atoms in total. The third-order valence-corrected chi connectivity index (χ3v) is 6.14. The van der Waals surface area contributed by atoms with E-state index in [1.165, 1.54) is 0 Å². The molecule has 1 aliphatic rings. The van der Waals surface area contributed by atoms with E-state index in [4.69, 9.17) is 4.74 Å². The van der Waals surface area contributed by atoms with E-state index in [2.05, 4.69) is 17.6 Å². The fourth-order valence-corrected chi connectivity index (χ4v) is 4.23. The zero-order valence-corrected chi connectivity index (χ0v) is 21.8. The molecule has 3 atom stereocenters. The molecule has 3 unspecified atom stereocenters. The number of ether oxygens (including phenoxy) is 1. The van der Waals surface area contributed by atoms with Crippen LogP contribution in [0, 0.1) is 26.7 Å². The van der Waals surface area contributed by atoms with Crippen LogP contribution in [0.4, 0.5) is 10.5 Å². The predicted octanol–water partition coefficient (Wildman–Crippen LogP) is 5.05. The Morgan fingerprint density at radius 1 is 1.06 bits per heavy atom. The standard InChI is InChI=1S/C28H37N3O4/c1-17-12-13-21(19(3)14-17)25(26(33)30-22-11-9-8-10-18(22)2)31(23-15-20(23)4)24(32)16-29-27(34)35-28(5,6)7/h8-14,20,23,25H,15-16H2,1-7H3,(H,29,34)(H,30,33). The minimum absolute atomic E-state index is 0.0868. The maximum Gasteiger partial charge on any atom is 0.408 e. The molecule has 188 valence electrons. The molecule has 35 heavy (non-hydrogen) atoms. The molecule has 1 aliphatic carbocycles. The van der Waals surface area contributed by atoms with Gasteiger partial charge >= 0.3 is 6.09 Å². The molecule has 1 saturated carbocycles. The fraction of sp³-hybridized carbons (Fsp3) is 0.464. The SMILES string of the molecule is Cc1ccc(C(C(=O)Nc2ccccc2C)N(C(=O)CNC(=O)OC(C)(C)C)C2CC2C)c(C)c1. The van der Waals surface area contributed by atoms with Crippen molar-refractivity contribution in [3.8, 4) is 0 Å². The monoisotopic (exact) mass is 479 g/mol. The second kappa shape index (κ2) is 10.5. The lowest BCUT2D eigenvalue weighted by Crippen LogP contribution is -2.48. The van der Waals surface area contributed by atoms with Crippen molar-refractivity contribution in [2.45, 2.75) is 72.6 Å². The first kappa shape index (κ1) is 26.3. The van der Waals surface area contributed by atoms with Gasteiger partial charge in [-0.1, -0.05) is 48.9 Å². The molecule has 0 radical (unpaired) electrons. The first-order valence-electron chi connectivity index (χ1n) is 12.1. The highest BCUT2D eigenvalue weighted by molar-refractivity contribution is 5.99. The summed E-state index contributed by atoms with van der Waals surface area (Å²) in [6.07, 6.45) is 0.138. The maximum absolute atomic E-state index is 13.8. The van der Waals surface area contributed by atoms with Gasteiger partial charge < -0.3 is 20.3 Å². The molecule has 3 rings (SSSR count). The number of hydrogen-bond donors (Lipinski definition) is 2. The van der Waals surface area contributed by atoms with Crippen molar-refractivity contribution >= 4 is 23.6 Å². The highest BCUT2D eigenvalue weighted by Gasteiger charge is 2.46. The van der Waals surface area contributed by atoms with Gasteiger partial charge in [-0.3, -0.25) is 9.59 Å². The molecule has 0 aromatic heterocycles. The zero-order chi connectivity index (χ0) is 25.9. The van der Waals surface area contributed by atoms with Crippen LogP contribution in [0.15, 0.2) is 42.5 Å². The lowest BCUT2D eigenvalue weighted by atomic mass is 9.96. The molecule has 3 amide bonds. The first-order valence-corrected chi connectivity index (χ1v) is 12.1. The molecule has 7 heteroatoms. The number of rotatable bonds is 7. The number of alkyl carbamates (subject to hydrolysis) is 1. The number of hydrogen-bond acceptors (Lipinski definition) is 4. The van der Waals surface area contributed by atoms with E-state index in [-0.39, 0.29) is 30.3 Å². The Bertz CT molecular complexity index is 1110. The summed E-state index contributed by atoms with van der Waals surface area (Å²) in [6.45, 7) is 13.0. The van der Waals surface area contributed by atoms with Gasteiger partial charge in [0.25, 0.3) is 5.91 Å². The van der Waals surface area contributed by atoms with Crippen molar-refractivity contribution in [1.82, 2.24) is 10.2 Å². The summed E-state index contributed by atoms with van der Waals surface area (Å²) in [6, 6.07) is 12.5. The number of amides is 3. The van der Waals surface area contributed by atoms with Crippen molar-refractivity contribution in [3.63, 3.8) is 0 Å². The zero-order valence-electron chi connectivity index (χ0n) is 21.8. The summed E-state index contributed by atoms with van der Waals surface area (Å²) in [4.78, 5) is 41.2. The van der Waals surface area contributed by atoms with Gasteiger partial charge in [0.2, 0.25) is 5.91 Å². The van der Waals surface area contributed by atoms with E-state index >= 15 is 0 Å². The van der Waals surface area contributed by atoms with Gasteiger partial charge in [0.05, 0.1) is 0 Å². The van der Waals surface area contributed by atoms with Gasteiger partial charge in [-0.05, 0) is 76.6 Å². The molecule has 0 bridgehead atoms. The van der Waals surface area contributed by atoms with Crippen LogP contribution in [-0.2, 0) is 14.3 Å². The predicted molar refractivity (Wildman–Crippen MR) is 137 cm³/mol. The molecule has 2 aromatic carbocycles. The van der Waals surface area contributed by atoms with Crippen LogP contribution >= 0.6 is 0 Å². The van der Waals surface area contributed by atoms with Gasteiger partial charge in [0.15, 0.2) is 0 Å². The Kier molecular flexibility index (Phi) is 7.88. The average molecular weight is 480 g/mol. The van der Waals surface area contributed by atoms with Crippen LogP contribution in [0.2, 0.25) is 0 Å².